The van der Waals surface area contributed by atoms with Crippen LogP contribution >= 0.6 is 79.5 Å². The van der Waals surface area contributed by atoms with Crippen molar-refractivity contribution in [3.8, 4) is 0 Å². The van der Waals surface area contributed by atoms with Gasteiger partial charge in [-0.3, -0.25) is 4.79 Å². The van der Waals surface area contributed by atoms with Crippen LogP contribution in [0.5, 0.6) is 0 Å². The van der Waals surface area contributed by atoms with E-state index in [-0.39, 0.29) is 5.78 Å². The van der Waals surface area contributed by atoms with E-state index in [0.29, 0.717) is 0 Å². The summed E-state index contributed by atoms with van der Waals surface area (Å²) < 4.78 is 3.16. The third-order valence-corrected chi connectivity index (χ3v) is 7.75. The lowest BCUT2D eigenvalue weighted by Crippen LogP contribution is -2.02. The molecule has 0 aliphatic heterocycles. The van der Waals surface area contributed by atoms with E-state index < -0.39 is 0 Å². The molecule has 0 radical (unpaired) electrons. The van der Waals surface area contributed by atoms with E-state index >= 15 is 0 Å². The molecule has 150 valence electrons. The third-order valence-electron chi connectivity index (χ3n) is 4.33. The van der Waals surface area contributed by atoms with E-state index in [2.05, 4.69) is 99.0 Å². The highest BCUT2D eigenvalue weighted by atomic mass is 127. The lowest BCUT2D eigenvalue weighted by Gasteiger charge is -2.05. The highest BCUT2D eigenvalue weighted by Gasteiger charge is 2.12. The summed E-state index contributed by atoms with van der Waals surface area (Å²) in [6, 6.07) is 12.6. The number of unbranched alkanes of at least 4 members (excludes halogenated alkanes) is 5. The molecule has 0 atom stereocenters. The number of rotatable bonds is 11. The van der Waals surface area contributed by atoms with Gasteiger partial charge in [-0.15, -0.1) is 11.8 Å². The Balaban J connectivity index is 1.84. The van der Waals surface area contributed by atoms with Crippen LogP contribution in [0, 0.1) is 10.7 Å². The largest absolute Gasteiger partial charge is 0.289 e. The van der Waals surface area contributed by atoms with Crippen LogP contribution in [-0.4, -0.2) is 11.5 Å². The van der Waals surface area contributed by atoms with Crippen molar-refractivity contribution in [2.75, 3.05) is 5.75 Å². The number of halogens is 3. The zero-order chi connectivity index (χ0) is 20.4. The van der Waals surface area contributed by atoms with Gasteiger partial charge in [-0.1, -0.05) is 57.2 Å². The first-order valence-electron chi connectivity index (χ1n) is 9.61. The van der Waals surface area contributed by atoms with Crippen LogP contribution in [-0.2, 0) is 0 Å². The van der Waals surface area contributed by atoms with Crippen molar-refractivity contribution in [2.24, 2.45) is 0 Å². The topological polar surface area (TPSA) is 17.1 Å². The zero-order valence-electron chi connectivity index (χ0n) is 16.0. The van der Waals surface area contributed by atoms with Crippen LogP contribution in [0.3, 0.4) is 0 Å². The van der Waals surface area contributed by atoms with Crippen molar-refractivity contribution in [2.45, 2.75) is 50.3 Å². The molecule has 0 N–H and O–H groups in total. The number of carbonyl (C=O) groups excluding carboxylic acids is 1. The SMILES string of the molecule is CCCCCCCCSc1ccc(/C=C/C(=O)c2c(I)cc(I)cc2I)cc1. The summed E-state index contributed by atoms with van der Waals surface area (Å²) in [4.78, 5) is 13.9. The van der Waals surface area contributed by atoms with Gasteiger partial charge in [0.05, 0.1) is 0 Å². The van der Waals surface area contributed by atoms with Gasteiger partial charge in [0, 0.05) is 21.2 Å². The molecule has 0 aromatic heterocycles. The Morgan fingerprint density at radius 1 is 0.929 bits per heavy atom. The van der Waals surface area contributed by atoms with Gasteiger partial charge in [0.1, 0.15) is 0 Å². The molecule has 28 heavy (non-hydrogen) atoms. The quantitative estimate of drug-likeness (QED) is 0.0757. The Labute approximate surface area is 214 Å². The van der Waals surface area contributed by atoms with Crippen molar-refractivity contribution >= 4 is 91.4 Å². The van der Waals surface area contributed by atoms with E-state index in [0.717, 1.165) is 21.8 Å². The zero-order valence-corrected chi connectivity index (χ0v) is 23.3. The molecule has 2 rings (SSSR count). The first-order chi connectivity index (χ1) is 13.5. The van der Waals surface area contributed by atoms with Crippen molar-refractivity contribution in [1.82, 2.24) is 0 Å². The Morgan fingerprint density at radius 2 is 1.54 bits per heavy atom. The average Bonchev–Trinajstić information content (AvgIpc) is 2.66. The average molecular weight is 730 g/mol. The standard InChI is InChI=1S/C23H25I3OS/c1-2-3-4-5-6-7-14-28-19-11-8-17(9-12-19)10-13-22(27)23-20(25)15-18(24)16-21(23)26/h8-13,15-16H,2-7,14H2,1H3/b13-10+. The molecule has 0 saturated heterocycles. The van der Waals surface area contributed by atoms with Crippen LogP contribution in [0.2, 0.25) is 0 Å². The summed E-state index contributed by atoms with van der Waals surface area (Å²) in [5, 5.41) is 0. The smallest absolute Gasteiger partial charge is 0.187 e. The van der Waals surface area contributed by atoms with E-state index in [1.807, 2.05) is 30.0 Å². The summed E-state index contributed by atoms with van der Waals surface area (Å²) in [5.74, 6) is 1.25. The minimum Gasteiger partial charge on any atom is -0.289 e. The Hall–Kier alpha value is 0.390. The molecule has 1 nitrogen and oxygen atoms in total. The second-order valence-corrected chi connectivity index (χ2v) is 11.4. The van der Waals surface area contributed by atoms with Gasteiger partial charge in [0.2, 0.25) is 0 Å². The third kappa shape index (κ3) is 8.63. The number of thioether (sulfide) groups is 1. The maximum atomic E-state index is 12.6. The second kappa shape index (κ2) is 13.6. The molecule has 0 amide bonds. The fourth-order valence-electron chi connectivity index (χ4n) is 2.78. The first kappa shape index (κ1) is 24.7. The Kier molecular flexibility index (Phi) is 12.0. The highest BCUT2D eigenvalue weighted by Crippen LogP contribution is 2.24. The summed E-state index contributed by atoms with van der Waals surface area (Å²) >= 11 is 8.70. The number of hydrogen-bond acceptors (Lipinski definition) is 2. The van der Waals surface area contributed by atoms with Crippen molar-refractivity contribution in [3.63, 3.8) is 0 Å². The Morgan fingerprint density at radius 3 is 2.18 bits per heavy atom. The van der Waals surface area contributed by atoms with E-state index in [4.69, 9.17) is 0 Å². The summed E-state index contributed by atoms with van der Waals surface area (Å²) in [5.41, 5.74) is 1.86. The molecule has 2 aromatic carbocycles. The lowest BCUT2D eigenvalue weighted by atomic mass is 10.1. The molecular formula is C23H25I3OS. The number of carbonyl (C=O) groups is 1. The molecule has 0 heterocycles. The lowest BCUT2D eigenvalue weighted by molar-refractivity contribution is 0.104. The van der Waals surface area contributed by atoms with Gasteiger partial charge in [-0.2, -0.15) is 0 Å². The molecule has 0 bridgehead atoms. The van der Waals surface area contributed by atoms with Crippen LogP contribution < -0.4 is 0 Å². The van der Waals surface area contributed by atoms with Gasteiger partial charge < -0.3 is 0 Å². The predicted molar refractivity (Wildman–Crippen MR) is 148 cm³/mol. The van der Waals surface area contributed by atoms with Gasteiger partial charge >= 0.3 is 0 Å². The van der Waals surface area contributed by atoms with E-state index in [1.165, 1.54) is 49.2 Å². The maximum Gasteiger partial charge on any atom is 0.187 e. The van der Waals surface area contributed by atoms with E-state index in [1.54, 1.807) is 6.08 Å². The Bertz CT molecular complexity index is 777. The predicted octanol–water partition coefficient (Wildman–Crippen LogP) is 8.85. The van der Waals surface area contributed by atoms with Gasteiger partial charge in [0.25, 0.3) is 0 Å². The minimum atomic E-state index is 0.0618. The molecule has 0 spiro atoms. The normalized spacial score (nSPS) is 11.3. The van der Waals surface area contributed by atoms with Gasteiger partial charge in [-0.25, -0.2) is 0 Å². The number of hydrogen-bond donors (Lipinski definition) is 0. The highest BCUT2D eigenvalue weighted by molar-refractivity contribution is 14.1. The maximum absolute atomic E-state index is 12.6. The molecule has 0 aliphatic carbocycles. The number of ketones is 1. The van der Waals surface area contributed by atoms with Crippen LogP contribution in [0.4, 0.5) is 0 Å². The summed E-state index contributed by atoms with van der Waals surface area (Å²) in [6.45, 7) is 2.26. The van der Waals surface area contributed by atoms with E-state index in [9.17, 15) is 4.79 Å². The molecular weight excluding hydrogens is 705 g/mol. The van der Waals surface area contributed by atoms with Gasteiger partial charge in [0.15, 0.2) is 5.78 Å². The van der Waals surface area contributed by atoms with Crippen LogP contribution in [0.1, 0.15) is 61.4 Å². The monoisotopic (exact) mass is 730 g/mol. The summed E-state index contributed by atoms with van der Waals surface area (Å²) in [6.07, 6.45) is 11.6. The van der Waals surface area contributed by atoms with Crippen molar-refractivity contribution in [1.29, 1.82) is 0 Å². The molecule has 0 aliphatic rings. The number of allylic oxidation sites excluding steroid dienone is 1. The van der Waals surface area contributed by atoms with Crippen molar-refractivity contribution < 1.29 is 4.79 Å². The fourth-order valence-corrected chi connectivity index (χ4v) is 7.81. The second-order valence-electron chi connectivity index (χ2n) is 6.63. The van der Waals surface area contributed by atoms with Crippen molar-refractivity contribution in [3.05, 3.63) is 64.3 Å². The van der Waals surface area contributed by atoms with Gasteiger partial charge in [-0.05, 0) is 116 Å². The molecule has 2 aromatic rings. The van der Waals surface area contributed by atoms with Crippen LogP contribution in [0.15, 0.2) is 47.4 Å². The fraction of sp³-hybridized carbons (Fsp3) is 0.348. The number of benzene rings is 2. The molecule has 0 unspecified atom stereocenters. The minimum absolute atomic E-state index is 0.0618. The molecule has 0 fully saturated rings. The molecule has 5 heteroatoms. The molecule has 0 saturated carbocycles. The summed E-state index contributed by atoms with van der Waals surface area (Å²) in [7, 11) is 0. The first-order valence-corrected chi connectivity index (χ1v) is 13.8. The van der Waals surface area contributed by atoms with Crippen LogP contribution in [0.25, 0.3) is 6.08 Å².